The summed E-state index contributed by atoms with van der Waals surface area (Å²) in [5, 5.41) is 0. The first-order chi connectivity index (χ1) is 13.4. The number of hydrogen-bond donors (Lipinski definition) is 0. The summed E-state index contributed by atoms with van der Waals surface area (Å²) in [6, 6.07) is 14.9. The molecule has 2 aromatic carbocycles. The van der Waals surface area contributed by atoms with Crippen molar-refractivity contribution >= 4 is 10.0 Å². The minimum absolute atomic E-state index is 0.0109. The third-order valence-electron chi connectivity index (χ3n) is 4.49. The van der Waals surface area contributed by atoms with Crippen molar-refractivity contribution in [2.24, 2.45) is 5.92 Å². The van der Waals surface area contributed by atoms with Crippen LogP contribution in [0.5, 0.6) is 11.5 Å². The second-order valence-electron chi connectivity index (χ2n) is 6.87. The maximum Gasteiger partial charge on any atom is 0.214 e. The molecule has 0 fully saturated rings. The number of methoxy groups -OCH3 is 2. The lowest BCUT2D eigenvalue weighted by atomic mass is 10.1. The molecule has 5 nitrogen and oxygen atoms in total. The lowest BCUT2D eigenvalue weighted by Gasteiger charge is -2.24. The fourth-order valence-electron chi connectivity index (χ4n) is 2.94. The number of hydrogen-bond acceptors (Lipinski definition) is 4. The molecule has 0 bridgehead atoms. The van der Waals surface area contributed by atoms with Crippen molar-refractivity contribution in [1.82, 2.24) is 4.31 Å². The Bertz CT molecular complexity index is 796. The molecule has 0 amide bonds. The molecule has 0 saturated heterocycles. The van der Waals surface area contributed by atoms with Gasteiger partial charge < -0.3 is 9.47 Å². The van der Waals surface area contributed by atoms with Crippen LogP contribution in [0.25, 0.3) is 0 Å². The first kappa shape index (κ1) is 22.0. The van der Waals surface area contributed by atoms with Gasteiger partial charge in [0.05, 0.1) is 20.0 Å². The van der Waals surface area contributed by atoms with E-state index in [2.05, 4.69) is 6.58 Å². The number of ether oxygens (including phenoxy) is 2. The number of allylic oxidation sites excluding steroid dienone is 1. The number of nitrogens with zero attached hydrogens (tertiary/aromatic N) is 1. The highest BCUT2D eigenvalue weighted by Crippen LogP contribution is 2.21. The third kappa shape index (κ3) is 6.39. The standard InChI is InChI=1S/C22H29NO4S/c1-5-6-18(2)17-28(24,25)23(15-19-7-11-21(26-3)12-8-19)16-20-9-13-22(27-4)14-10-20/h5,7-14,18H,1,6,15-17H2,2-4H3. The van der Waals surface area contributed by atoms with Gasteiger partial charge in [0, 0.05) is 13.1 Å². The van der Waals surface area contributed by atoms with Gasteiger partial charge in [0.1, 0.15) is 11.5 Å². The molecular weight excluding hydrogens is 374 g/mol. The van der Waals surface area contributed by atoms with Gasteiger partial charge in [0.2, 0.25) is 10.0 Å². The van der Waals surface area contributed by atoms with Crippen LogP contribution in [0.1, 0.15) is 24.5 Å². The fraction of sp³-hybridized carbons (Fsp3) is 0.364. The minimum Gasteiger partial charge on any atom is -0.497 e. The van der Waals surface area contributed by atoms with Gasteiger partial charge in [-0.15, -0.1) is 6.58 Å². The van der Waals surface area contributed by atoms with Crippen molar-refractivity contribution in [2.75, 3.05) is 20.0 Å². The summed E-state index contributed by atoms with van der Waals surface area (Å²) >= 11 is 0. The number of rotatable bonds is 11. The van der Waals surface area contributed by atoms with E-state index in [-0.39, 0.29) is 11.7 Å². The number of benzene rings is 2. The summed E-state index contributed by atoms with van der Waals surface area (Å²) < 4.78 is 38.1. The SMILES string of the molecule is C=CCC(C)CS(=O)(=O)N(Cc1ccc(OC)cc1)Cc1ccc(OC)cc1. The molecule has 0 heterocycles. The van der Waals surface area contributed by atoms with Gasteiger partial charge in [-0.25, -0.2) is 8.42 Å². The van der Waals surface area contributed by atoms with E-state index in [1.165, 1.54) is 4.31 Å². The highest BCUT2D eigenvalue weighted by atomic mass is 32.2. The van der Waals surface area contributed by atoms with Crippen LogP contribution < -0.4 is 9.47 Å². The first-order valence-corrected chi connectivity index (χ1v) is 10.8. The molecule has 0 spiro atoms. The Hall–Kier alpha value is -2.31. The van der Waals surface area contributed by atoms with Crippen molar-refractivity contribution in [3.05, 3.63) is 72.3 Å². The molecule has 0 N–H and O–H groups in total. The Labute approximate surface area is 168 Å². The number of sulfonamides is 1. The van der Waals surface area contributed by atoms with Gasteiger partial charge in [0.25, 0.3) is 0 Å². The topological polar surface area (TPSA) is 55.8 Å². The van der Waals surface area contributed by atoms with Crippen LogP contribution in [0.4, 0.5) is 0 Å². The lowest BCUT2D eigenvalue weighted by molar-refractivity contribution is 0.393. The van der Waals surface area contributed by atoms with E-state index in [1.54, 1.807) is 20.3 Å². The molecule has 1 atom stereocenters. The third-order valence-corrected chi connectivity index (χ3v) is 6.53. The highest BCUT2D eigenvalue weighted by Gasteiger charge is 2.25. The smallest absolute Gasteiger partial charge is 0.214 e. The van der Waals surface area contributed by atoms with E-state index >= 15 is 0 Å². The van der Waals surface area contributed by atoms with Crippen LogP contribution in [0.15, 0.2) is 61.2 Å². The Morgan fingerprint density at radius 1 is 0.929 bits per heavy atom. The fourth-order valence-corrected chi connectivity index (χ4v) is 4.70. The van der Waals surface area contributed by atoms with Crippen LogP contribution in [0.3, 0.4) is 0 Å². The van der Waals surface area contributed by atoms with E-state index in [0.717, 1.165) is 22.6 Å². The van der Waals surface area contributed by atoms with Crippen LogP contribution in [-0.4, -0.2) is 32.7 Å². The predicted molar refractivity (Wildman–Crippen MR) is 113 cm³/mol. The molecule has 1 unspecified atom stereocenters. The van der Waals surface area contributed by atoms with Gasteiger partial charge >= 0.3 is 0 Å². The van der Waals surface area contributed by atoms with Crippen molar-refractivity contribution in [2.45, 2.75) is 26.4 Å². The molecule has 0 aromatic heterocycles. The average Bonchev–Trinajstić information content (AvgIpc) is 2.68. The summed E-state index contributed by atoms with van der Waals surface area (Å²) in [4.78, 5) is 0. The van der Waals surface area contributed by atoms with Crippen LogP contribution in [0, 0.1) is 5.92 Å². The molecule has 152 valence electrons. The van der Waals surface area contributed by atoms with Gasteiger partial charge in [-0.1, -0.05) is 37.3 Å². The van der Waals surface area contributed by atoms with Gasteiger partial charge in [-0.05, 0) is 47.7 Å². The normalized spacial score (nSPS) is 12.6. The van der Waals surface area contributed by atoms with Crippen LogP contribution in [0.2, 0.25) is 0 Å². The van der Waals surface area contributed by atoms with Crippen molar-refractivity contribution in [1.29, 1.82) is 0 Å². The molecule has 2 aromatic rings. The molecule has 0 aliphatic heterocycles. The lowest BCUT2D eigenvalue weighted by Crippen LogP contribution is -2.34. The Morgan fingerprint density at radius 2 is 1.36 bits per heavy atom. The van der Waals surface area contributed by atoms with Crippen molar-refractivity contribution in [3.8, 4) is 11.5 Å². The van der Waals surface area contributed by atoms with E-state index in [0.29, 0.717) is 19.5 Å². The van der Waals surface area contributed by atoms with Crippen molar-refractivity contribution < 1.29 is 17.9 Å². The zero-order valence-corrected chi connectivity index (χ0v) is 17.6. The van der Waals surface area contributed by atoms with Gasteiger partial charge in [-0.2, -0.15) is 4.31 Å². The Kier molecular flexibility index (Phi) is 8.08. The summed E-state index contributed by atoms with van der Waals surface area (Å²) in [5.41, 5.74) is 1.82. The molecule has 6 heteroatoms. The second kappa shape index (κ2) is 10.3. The van der Waals surface area contributed by atoms with Gasteiger partial charge in [0.15, 0.2) is 0 Å². The highest BCUT2D eigenvalue weighted by molar-refractivity contribution is 7.89. The first-order valence-electron chi connectivity index (χ1n) is 9.22. The Balaban J connectivity index is 2.25. The molecular formula is C22H29NO4S. The molecule has 28 heavy (non-hydrogen) atoms. The zero-order chi connectivity index (χ0) is 20.6. The largest absolute Gasteiger partial charge is 0.497 e. The van der Waals surface area contributed by atoms with E-state index in [1.807, 2.05) is 55.5 Å². The van der Waals surface area contributed by atoms with Crippen LogP contribution >= 0.6 is 0 Å². The quantitative estimate of drug-likeness (QED) is 0.527. The molecule has 0 radical (unpaired) electrons. The predicted octanol–water partition coefficient (Wildman–Crippen LogP) is 4.25. The second-order valence-corrected chi connectivity index (χ2v) is 8.89. The molecule has 0 aliphatic carbocycles. The maximum atomic E-state index is 13.1. The maximum absolute atomic E-state index is 13.1. The molecule has 0 saturated carbocycles. The van der Waals surface area contributed by atoms with Crippen molar-refractivity contribution in [3.63, 3.8) is 0 Å². The monoisotopic (exact) mass is 403 g/mol. The summed E-state index contributed by atoms with van der Waals surface area (Å²) in [7, 11) is -0.233. The average molecular weight is 404 g/mol. The zero-order valence-electron chi connectivity index (χ0n) is 16.8. The summed E-state index contributed by atoms with van der Waals surface area (Å²) in [5.74, 6) is 1.59. The Morgan fingerprint density at radius 3 is 1.71 bits per heavy atom. The summed E-state index contributed by atoms with van der Waals surface area (Å²) in [6.45, 7) is 6.25. The van der Waals surface area contributed by atoms with Gasteiger partial charge in [-0.3, -0.25) is 0 Å². The molecule has 0 aliphatic rings. The van der Waals surface area contributed by atoms with E-state index in [4.69, 9.17) is 9.47 Å². The minimum atomic E-state index is -3.45. The van der Waals surface area contributed by atoms with Crippen LogP contribution in [-0.2, 0) is 23.1 Å². The molecule has 2 rings (SSSR count). The van der Waals surface area contributed by atoms with E-state index < -0.39 is 10.0 Å². The summed E-state index contributed by atoms with van der Waals surface area (Å²) in [6.07, 6.45) is 2.43. The van der Waals surface area contributed by atoms with E-state index in [9.17, 15) is 8.42 Å².